The van der Waals surface area contributed by atoms with E-state index >= 15 is 0 Å². The number of piperidine rings is 1. The Kier molecular flexibility index (Phi) is 6.91. The average Bonchev–Trinajstić information content (AvgIpc) is 2.34. The van der Waals surface area contributed by atoms with Crippen molar-refractivity contribution in [2.45, 2.75) is 45.1 Å². The van der Waals surface area contributed by atoms with Gasteiger partial charge in [0.15, 0.2) is 0 Å². The van der Waals surface area contributed by atoms with Crippen LogP contribution in [0.5, 0.6) is 0 Å². The van der Waals surface area contributed by atoms with Crippen LogP contribution in [0.25, 0.3) is 0 Å². The molecule has 6 nitrogen and oxygen atoms in total. The van der Waals surface area contributed by atoms with Gasteiger partial charge in [-0.3, -0.25) is 4.79 Å². The van der Waals surface area contributed by atoms with Gasteiger partial charge in [0.25, 0.3) is 0 Å². The van der Waals surface area contributed by atoms with Crippen molar-refractivity contribution in [1.29, 1.82) is 0 Å². The molecule has 1 amide bonds. The van der Waals surface area contributed by atoms with Crippen molar-refractivity contribution in [2.75, 3.05) is 25.9 Å². The van der Waals surface area contributed by atoms with Crippen molar-refractivity contribution in [1.82, 2.24) is 9.62 Å². The lowest BCUT2D eigenvalue weighted by Gasteiger charge is -2.33. The van der Waals surface area contributed by atoms with Crippen LogP contribution in [0, 0.1) is 5.92 Å². The second-order valence-electron chi connectivity index (χ2n) is 5.79. The molecule has 0 spiro atoms. The smallest absolute Gasteiger partial charge is 0.222 e. The summed E-state index contributed by atoms with van der Waals surface area (Å²) in [7, 11) is -3.21. The molecular formula is C13H27N3O3S. The minimum Gasteiger partial charge on any atom is -0.341 e. The van der Waals surface area contributed by atoms with Crippen molar-refractivity contribution < 1.29 is 13.2 Å². The molecule has 20 heavy (non-hydrogen) atoms. The van der Waals surface area contributed by atoms with Crippen LogP contribution in [0.15, 0.2) is 0 Å². The molecule has 1 aliphatic heterocycles. The minimum atomic E-state index is -3.21. The zero-order chi connectivity index (χ0) is 15.2. The normalized spacial score (nSPS) is 21.8. The zero-order valence-corrected chi connectivity index (χ0v) is 13.3. The van der Waals surface area contributed by atoms with Gasteiger partial charge < -0.3 is 10.6 Å². The predicted octanol–water partition coefficient (Wildman–Crippen LogP) is 0.292. The summed E-state index contributed by atoms with van der Waals surface area (Å²) in [5.41, 5.74) is 5.50. The first kappa shape index (κ1) is 17.4. The predicted molar refractivity (Wildman–Crippen MR) is 79.7 cm³/mol. The number of carbonyl (C=O) groups is 1. The molecule has 1 heterocycles. The Morgan fingerprint density at radius 2 is 2.15 bits per heavy atom. The van der Waals surface area contributed by atoms with Crippen molar-refractivity contribution in [2.24, 2.45) is 11.7 Å². The van der Waals surface area contributed by atoms with Crippen LogP contribution < -0.4 is 10.5 Å². The van der Waals surface area contributed by atoms with E-state index in [0.29, 0.717) is 25.4 Å². The lowest BCUT2D eigenvalue weighted by molar-refractivity contribution is -0.132. The molecule has 1 fully saturated rings. The molecule has 0 aromatic rings. The Labute approximate surface area is 122 Å². The van der Waals surface area contributed by atoms with E-state index in [0.717, 1.165) is 38.5 Å². The van der Waals surface area contributed by atoms with Gasteiger partial charge in [-0.2, -0.15) is 0 Å². The quantitative estimate of drug-likeness (QED) is 0.707. The Hall–Kier alpha value is -0.660. The maximum absolute atomic E-state index is 12.1. The van der Waals surface area contributed by atoms with Gasteiger partial charge in [-0.15, -0.1) is 0 Å². The highest BCUT2D eigenvalue weighted by atomic mass is 32.2. The second kappa shape index (κ2) is 7.95. The number of nitrogens with one attached hydrogen (secondary N) is 1. The Morgan fingerprint density at radius 1 is 1.45 bits per heavy atom. The van der Waals surface area contributed by atoms with Crippen LogP contribution in [-0.4, -0.2) is 51.2 Å². The lowest BCUT2D eigenvalue weighted by atomic mass is 10.0. The first-order valence-corrected chi connectivity index (χ1v) is 9.16. The van der Waals surface area contributed by atoms with Crippen LogP contribution >= 0.6 is 0 Å². The molecule has 0 saturated carbocycles. The Morgan fingerprint density at radius 3 is 2.75 bits per heavy atom. The molecule has 118 valence electrons. The minimum absolute atomic E-state index is 0.119. The van der Waals surface area contributed by atoms with Gasteiger partial charge >= 0.3 is 0 Å². The summed E-state index contributed by atoms with van der Waals surface area (Å²) < 4.78 is 25.1. The van der Waals surface area contributed by atoms with Gasteiger partial charge in [-0.25, -0.2) is 13.1 Å². The van der Waals surface area contributed by atoms with Gasteiger partial charge in [-0.05, 0) is 38.1 Å². The van der Waals surface area contributed by atoms with Crippen LogP contribution in [0.3, 0.4) is 0 Å². The van der Waals surface area contributed by atoms with E-state index in [2.05, 4.69) is 11.6 Å². The first-order valence-electron chi connectivity index (χ1n) is 7.27. The number of nitrogens with zero attached hydrogens (tertiary/aromatic N) is 1. The van der Waals surface area contributed by atoms with Crippen LogP contribution in [0.1, 0.15) is 39.0 Å². The summed E-state index contributed by atoms with van der Waals surface area (Å²) in [6, 6.07) is -0.149. The van der Waals surface area contributed by atoms with E-state index < -0.39 is 10.0 Å². The summed E-state index contributed by atoms with van der Waals surface area (Å²) in [6.45, 7) is 3.97. The Bertz CT molecular complexity index is 411. The number of hydrogen-bond donors (Lipinski definition) is 2. The molecule has 3 N–H and O–H groups in total. The van der Waals surface area contributed by atoms with E-state index in [4.69, 9.17) is 5.73 Å². The number of carbonyl (C=O) groups excluding carboxylic acids is 1. The molecule has 1 aliphatic rings. The molecule has 1 saturated heterocycles. The number of hydrogen-bond acceptors (Lipinski definition) is 4. The average molecular weight is 305 g/mol. The molecule has 0 bridgehead atoms. The molecule has 2 unspecified atom stereocenters. The fraction of sp³-hybridized carbons (Fsp3) is 0.923. The Balaban J connectivity index is 2.40. The van der Waals surface area contributed by atoms with Crippen LogP contribution in [0.2, 0.25) is 0 Å². The molecule has 0 aromatic heterocycles. The van der Waals surface area contributed by atoms with Crippen molar-refractivity contribution in [3.8, 4) is 0 Å². The van der Waals surface area contributed by atoms with Crippen LogP contribution in [-0.2, 0) is 14.8 Å². The number of nitrogens with two attached hydrogens (primary N) is 1. The molecule has 1 rings (SSSR count). The number of likely N-dealkylation sites (tertiary alicyclic amines) is 1. The van der Waals surface area contributed by atoms with Gasteiger partial charge in [0.05, 0.1) is 6.26 Å². The topological polar surface area (TPSA) is 92.5 Å². The summed E-state index contributed by atoms with van der Waals surface area (Å²) in [5.74, 6) is 0.576. The number of amides is 1. The maximum atomic E-state index is 12.1. The lowest BCUT2D eigenvalue weighted by Crippen LogP contribution is -2.49. The zero-order valence-electron chi connectivity index (χ0n) is 12.5. The number of sulfonamides is 1. The molecule has 0 aliphatic carbocycles. The van der Waals surface area contributed by atoms with E-state index in [1.807, 2.05) is 0 Å². The monoisotopic (exact) mass is 305 g/mol. The summed E-state index contributed by atoms with van der Waals surface area (Å²) >= 11 is 0. The molecule has 0 radical (unpaired) electrons. The first-order chi connectivity index (χ1) is 9.31. The molecule has 0 aromatic carbocycles. The van der Waals surface area contributed by atoms with E-state index in [9.17, 15) is 13.2 Å². The third kappa shape index (κ3) is 6.67. The third-order valence-corrected chi connectivity index (χ3v) is 4.43. The third-order valence-electron chi connectivity index (χ3n) is 3.67. The van der Waals surface area contributed by atoms with E-state index in [1.165, 1.54) is 0 Å². The number of rotatable bonds is 7. The van der Waals surface area contributed by atoms with Gasteiger partial charge in [0, 0.05) is 25.6 Å². The molecule has 2 atom stereocenters. The van der Waals surface area contributed by atoms with Gasteiger partial charge in [0.1, 0.15) is 0 Å². The summed E-state index contributed by atoms with van der Waals surface area (Å²) in [5, 5.41) is 0. The van der Waals surface area contributed by atoms with Gasteiger partial charge in [-0.1, -0.05) is 6.92 Å². The van der Waals surface area contributed by atoms with Crippen molar-refractivity contribution in [3.05, 3.63) is 0 Å². The highest BCUT2D eigenvalue weighted by Gasteiger charge is 2.25. The highest BCUT2D eigenvalue weighted by molar-refractivity contribution is 7.88. The van der Waals surface area contributed by atoms with Crippen molar-refractivity contribution >= 4 is 15.9 Å². The van der Waals surface area contributed by atoms with Gasteiger partial charge in [0.2, 0.25) is 15.9 Å². The maximum Gasteiger partial charge on any atom is 0.222 e. The SMILES string of the molecule is CC(CCN)CCC(=O)N1CCCC(NS(C)(=O)=O)C1. The fourth-order valence-electron chi connectivity index (χ4n) is 2.56. The summed E-state index contributed by atoms with van der Waals surface area (Å²) in [6.07, 6.45) is 5.09. The molecule has 7 heteroatoms. The largest absolute Gasteiger partial charge is 0.341 e. The van der Waals surface area contributed by atoms with Crippen molar-refractivity contribution in [3.63, 3.8) is 0 Å². The summed E-state index contributed by atoms with van der Waals surface area (Å²) in [4.78, 5) is 13.9. The highest BCUT2D eigenvalue weighted by Crippen LogP contribution is 2.15. The second-order valence-corrected chi connectivity index (χ2v) is 7.57. The fourth-order valence-corrected chi connectivity index (χ4v) is 3.36. The molecular weight excluding hydrogens is 278 g/mol. The van der Waals surface area contributed by atoms with Crippen LogP contribution in [0.4, 0.5) is 0 Å². The van der Waals surface area contributed by atoms with E-state index in [1.54, 1.807) is 4.90 Å². The van der Waals surface area contributed by atoms with E-state index in [-0.39, 0.29) is 11.9 Å². The standard InChI is InChI=1S/C13H27N3O3S/c1-11(7-8-14)5-6-13(17)16-9-3-4-12(10-16)15-20(2,18)19/h11-12,15H,3-10,14H2,1-2H3.